The Morgan fingerprint density at radius 1 is 0.812 bits per heavy atom. The molecular formula is C19H10Br2N4O7. The minimum Gasteiger partial charge on any atom is -0.448 e. The van der Waals surface area contributed by atoms with Gasteiger partial charge in [-0.3, -0.25) is 35.3 Å². The van der Waals surface area contributed by atoms with E-state index >= 15 is 0 Å². The van der Waals surface area contributed by atoms with Crippen LogP contribution in [0.15, 0.2) is 68.5 Å². The number of nitro benzene ring substituents is 3. The zero-order valence-corrected chi connectivity index (χ0v) is 18.8. The Hall–Kier alpha value is -3.71. The van der Waals surface area contributed by atoms with Gasteiger partial charge < -0.3 is 4.74 Å². The number of nitro groups is 3. The summed E-state index contributed by atoms with van der Waals surface area (Å²) in [6.07, 6.45) is 1.42. The second-order valence-electron chi connectivity index (χ2n) is 6.11. The number of halogens is 2. The summed E-state index contributed by atoms with van der Waals surface area (Å²) < 4.78 is 6.84. The van der Waals surface area contributed by atoms with E-state index in [0.717, 1.165) is 18.2 Å². The molecule has 32 heavy (non-hydrogen) atoms. The number of rotatable bonds is 7. The quantitative estimate of drug-likeness (QED) is 0.180. The van der Waals surface area contributed by atoms with Crippen molar-refractivity contribution < 1.29 is 19.5 Å². The Balaban J connectivity index is 2.01. The van der Waals surface area contributed by atoms with E-state index in [4.69, 9.17) is 4.74 Å². The molecule has 0 bridgehead atoms. The van der Waals surface area contributed by atoms with Crippen LogP contribution in [0.4, 0.5) is 22.7 Å². The van der Waals surface area contributed by atoms with Crippen LogP contribution < -0.4 is 4.74 Å². The molecule has 0 spiro atoms. The lowest BCUT2D eigenvalue weighted by molar-refractivity contribution is -0.394. The van der Waals surface area contributed by atoms with Gasteiger partial charge in [-0.05, 0) is 46.3 Å². The van der Waals surface area contributed by atoms with Crippen molar-refractivity contribution in [3.05, 3.63) is 99.4 Å². The minimum atomic E-state index is -0.778. The van der Waals surface area contributed by atoms with Gasteiger partial charge in [-0.15, -0.1) is 0 Å². The Bertz CT molecular complexity index is 1260. The van der Waals surface area contributed by atoms with Gasteiger partial charge in [-0.2, -0.15) is 0 Å². The topological polar surface area (TPSA) is 151 Å². The maximum Gasteiger partial charge on any atom is 0.318 e. The lowest BCUT2D eigenvalue weighted by atomic mass is 10.2. The fourth-order valence-corrected chi connectivity index (χ4v) is 3.89. The van der Waals surface area contributed by atoms with Gasteiger partial charge in [-0.1, -0.05) is 15.9 Å². The van der Waals surface area contributed by atoms with E-state index in [1.54, 1.807) is 12.1 Å². The zero-order chi connectivity index (χ0) is 23.4. The maximum absolute atomic E-state index is 11.4. The van der Waals surface area contributed by atoms with Crippen molar-refractivity contribution in [2.75, 3.05) is 0 Å². The van der Waals surface area contributed by atoms with Gasteiger partial charge in [0.15, 0.2) is 5.75 Å². The van der Waals surface area contributed by atoms with Gasteiger partial charge in [0.1, 0.15) is 0 Å². The highest BCUT2D eigenvalue weighted by molar-refractivity contribution is 9.11. The van der Waals surface area contributed by atoms with Crippen LogP contribution in [0.1, 0.15) is 5.56 Å². The third-order valence-corrected chi connectivity index (χ3v) is 5.06. The Morgan fingerprint density at radius 2 is 1.44 bits per heavy atom. The summed E-state index contributed by atoms with van der Waals surface area (Å²) in [6, 6.07) is 11.9. The summed E-state index contributed by atoms with van der Waals surface area (Å²) in [5.74, 6) is -0.0237. The number of non-ortho nitro benzene ring substituents is 2. The number of hydrogen-bond acceptors (Lipinski definition) is 8. The molecule has 3 aromatic carbocycles. The van der Waals surface area contributed by atoms with E-state index in [1.807, 2.05) is 0 Å². The Morgan fingerprint density at radius 3 is 2.03 bits per heavy atom. The smallest absolute Gasteiger partial charge is 0.318 e. The highest BCUT2D eigenvalue weighted by atomic mass is 79.9. The second-order valence-corrected chi connectivity index (χ2v) is 7.88. The van der Waals surface area contributed by atoms with Gasteiger partial charge in [-0.25, -0.2) is 0 Å². The number of nitrogens with zero attached hydrogens (tertiary/aromatic N) is 4. The fourth-order valence-electron chi connectivity index (χ4n) is 2.55. The summed E-state index contributed by atoms with van der Waals surface area (Å²) in [6.45, 7) is 0. The van der Waals surface area contributed by atoms with E-state index < -0.39 is 26.1 Å². The first kappa shape index (κ1) is 23.0. The van der Waals surface area contributed by atoms with Gasteiger partial charge in [0.05, 0.1) is 31.0 Å². The van der Waals surface area contributed by atoms with Gasteiger partial charge in [0.2, 0.25) is 5.75 Å². The van der Waals surface area contributed by atoms with Crippen molar-refractivity contribution in [2.24, 2.45) is 4.99 Å². The first-order valence-corrected chi connectivity index (χ1v) is 10.1. The average Bonchev–Trinajstić information content (AvgIpc) is 2.74. The molecule has 11 nitrogen and oxygen atoms in total. The van der Waals surface area contributed by atoms with Gasteiger partial charge in [0, 0.05) is 34.4 Å². The van der Waals surface area contributed by atoms with Crippen LogP contribution >= 0.6 is 31.9 Å². The Labute approximate surface area is 196 Å². The standard InChI is InChI=1S/C19H10Br2N4O7/c20-12-7-11(10-22-13-1-3-14(4-2-13)23(26)27)19(16(21)8-12)32-18-6-5-15(24(28)29)9-17(18)25(30)31/h1-10H. The molecule has 0 saturated heterocycles. The molecule has 13 heteroatoms. The molecule has 3 aromatic rings. The average molecular weight is 566 g/mol. The van der Waals surface area contributed by atoms with E-state index in [-0.39, 0.29) is 17.2 Å². The number of ether oxygens (including phenoxy) is 1. The van der Waals surface area contributed by atoms with Gasteiger partial charge in [0.25, 0.3) is 11.4 Å². The molecule has 0 unspecified atom stereocenters. The van der Waals surface area contributed by atoms with Gasteiger partial charge >= 0.3 is 5.69 Å². The normalized spacial score (nSPS) is 10.8. The lowest BCUT2D eigenvalue weighted by Gasteiger charge is -2.12. The molecule has 0 aliphatic carbocycles. The van der Waals surface area contributed by atoms with Crippen LogP contribution in [-0.4, -0.2) is 21.0 Å². The zero-order valence-electron chi connectivity index (χ0n) is 15.7. The van der Waals surface area contributed by atoms with Crippen LogP contribution in [0.5, 0.6) is 11.5 Å². The van der Waals surface area contributed by atoms with E-state index in [0.29, 0.717) is 20.2 Å². The molecule has 0 aliphatic heterocycles. The summed E-state index contributed by atoms with van der Waals surface area (Å²) >= 11 is 6.68. The van der Waals surface area contributed by atoms with E-state index in [2.05, 4.69) is 36.9 Å². The molecule has 3 rings (SSSR count). The van der Waals surface area contributed by atoms with E-state index in [1.165, 1.54) is 30.5 Å². The van der Waals surface area contributed by atoms with Crippen molar-refractivity contribution in [2.45, 2.75) is 0 Å². The minimum absolute atomic E-state index is 0.0800. The van der Waals surface area contributed by atoms with E-state index in [9.17, 15) is 30.3 Å². The van der Waals surface area contributed by atoms with Crippen LogP contribution in [0.25, 0.3) is 0 Å². The summed E-state index contributed by atoms with van der Waals surface area (Å²) in [5, 5.41) is 33.1. The highest BCUT2D eigenvalue weighted by Crippen LogP contribution is 2.40. The highest BCUT2D eigenvalue weighted by Gasteiger charge is 2.23. The van der Waals surface area contributed by atoms with Crippen LogP contribution in [0.2, 0.25) is 0 Å². The molecule has 0 aliphatic rings. The van der Waals surface area contributed by atoms with Crippen LogP contribution in [0.3, 0.4) is 0 Å². The number of hydrogen-bond donors (Lipinski definition) is 0. The van der Waals surface area contributed by atoms with Crippen molar-refractivity contribution in [1.82, 2.24) is 0 Å². The van der Waals surface area contributed by atoms with Crippen molar-refractivity contribution in [1.29, 1.82) is 0 Å². The molecule has 0 amide bonds. The summed E-state index contributed by atoms with van der Waals surface area (Å²) in [5.41, 5.74) is -0.258. The molecule has 0 N–H and O–H groups in total. The monoisotopic (exact) mass is 564 g/mol. The summed E-state index contributed by atoms with van der Waals surface area (Å²) in [4.78, 5) is 35.3. The lowest BCUT2D eigenvalue weighted by Crippen LogP contribution is -1.98. The third-order valence-electron chi connectivity index (χ3n) is 4.01. The third kappa shape index (κ3) is 5.31. The predicted octanol–water partition coefficient (Wildman–Crippen LogP) is 6.48. The molecule has 0 fully saturated rings. The van der Waals surface area contributed by atoms with Crippen molar-refractivity contribution >= 4 is 60.8 Å². The largest absolute Gasteiger partial charge is 0.448 e. The van der Waals surface area contributed by atoms with Crippen LogP contribution in [-0.2, 0) is 0 Å². The Kier molecular flexibility index (Phi) is 6.90. The molecular weight excluding hydrogens is 556 g/mol. The molecule has 0 radical (unpaired) electrons. The van der Waals surface area contributed by atoms with Crippen molar-refractivity contribution in [3.63, 3.8) is 0 Å². The number of benzene rings is 3. The van der Waals surface area contributed by atoms with Crippen molar-refractivity contribution in [3.8, 4) is 11.5 Å². The first-order valence-electron chi connectivity index (χ1n) is 8.54. The maximum atomic E-state index is 11.4. The molecule has 162 valence electrons. The SMILES string of the molecule is O=[N+]([O-])c1ccc(N=Cc2cc(Br)cc(Br)c2Oc2ccc([N+](=O)[O-])cc2[N+](=O)[O-])cc1. The predicted molar refractivity (Wildman–Crippen MR) is 122 cm³/mol. The molecule has 0 heterocycles. The molecule has 0 atom stereocenters. The first-order chi connectivity index (χ1) is 15.2. The van der Waals surface area contributed by atoms with Crippen LogP contribution in [0, 0.1) is 30.3 Å². The molecule has 0 aromatic heterocycles. The summed E-state index contributed by atoms with van der Waals surface area (Å²) in [7, 11) is 0. The fraction of sp³-hybridized carbons (Fsp3) is 0. The molecule has 0 saturated carbocycles. The second kappa shape index (κ2) is 9.62. The number of aliphatic imine (C=N–C) groups is 1.